The van der Waals surface area contributed by atoms with Crippen molar-refractivity contribution in [1.82, 2.24) is 14.8 Å². The molecule has 2 aliphatic heterocycles. The zero-order chi connectivity index (χ0) is 21.7. The summed E-state index contributed by atoms with van der Waals surface area (Å²) in [5.41, 5.74) is 4.85. The number of piperidine rings is 1. The lowest BCUT2D eigenvalue weighted by Gasteiger charge is -2.36. The maximum absolute atomic E-state index is 13.4. The maximum Gasteiger partial charge on any atom is 0.255 e. The molecular weight excluding hydrogens is 386 g/mol. The molecule has 3 aromatic rings. The standard InChI is InChI=1S/C26H29N3O2/c1-16-12-17(2)14-28(13-16)23(30)15-29-25(19-8-4-5-9-20(19)26(29)31)24-18(3)27-22-11-7-6-10-21(22)24/h4-11,16-17,25,27H,12-15H2,1-3H3/t16-,17-,25+/m0/s1. The second kappa shape index (κ2) is 7.56. The number of likely N-dealkylation sites (tertiary alicyclic amines) is 1. The summed E-state index contributed by atoms with van der Waals surface area (Å²) in [5, 5.41) is 1.10. The molecule has 31 heavy (non-hydrogen) atoms. The van der Waals surface area contributed by atoms with E-state index in [1.807, 2.05) is 41.3 Å². The fraction of sp³-hybridized carbons (Fsp3) is 0.385. The highest BCUT2D eigenvalue weighted by molar-refractivity contribution is 6.02. The highest BCUT2D eigenvalue weighted by Crippen LogP contribution is 2.42. The van der Waals surface area contributed by atoms with Crippen molar-refractivity contribution in [3.8, 4) is 0 Å². The summed E-state index contributed by atoms with van der Waals surface area (Å²) in [5.74, 6) is 0.968. The number of carbonyl (C=O) groups is 2. The molecule has 0 unspecified atom stereocenters. The molecule has 1 aromatic heterocycles. The molecule has 1 N–H and O–H groups in total. The molecule has 2 aromatic carbocycles. The quantitative estimate of drug-likeness (QED) is 0.683. The number of hydrogen-bond donors (Lipinski definition) is 1. The van der Waals surface area contributed by atoms with Gasteiger partial charge in [-0.1, -0.05) is 50.2 Å². The van der Waals surface area contributed by atoms with Crippen LogP contribution in [0.25, 0.3) is 10.9 Å². The van der Waals surface area contributed by atoms with Gasteiger partial charge in [0, 0.05) is 40.8 Å². The van der Waals surface area contributed by atoms with Crippen LogP contribution in [0, 0.1) is 18.8 Å². The van der Waals surface area contributed by atoms with Crippen LogP contribution in [0.4, 0.5) is 0 Å². The van der Waals surface area contributed by atoms with Crippen LogP contribution >= 0.6 is 0 Å². The Bertz CT molecular complexity index is 1150. The zero-order valence-electron chi connectivity index (χ0n) is 18.4. The molecule has 0 radical (unpaired) electrons. The Kier molecular flexibility index (Phi) is 4.84. The SMILES string of the molecule is Cc1[nH]c2ccccc2c1[C@H]1c2ccccc2C(=O)N1CC(=O)N1C[C@@H](C)C[C@H](C)C1. The van der Waals surface area contributed by atoms with Gasteiger partial charge in [0.1, 0.15) is 6.54 Å². The summed E-state index contributed by atoms with van der Waals surface area (Å²) in [4.78, 5) is 34.0. The fourth-order valence-corrected chi connectivity index (χ4v) is 5.61. The van der Waals surface area contributed by atoms with Crippen LogP contribution in [-0.2, 0) is 4.79 Å². The lowest BCUT2D eigenvalue weighted by Crippen LogP contribution is -2.47. The third kappa shape index (κ3) is 3.32. The number of carbonyl (C=O) groups excluding carboxylic acids is 2. The molecule has 2 aliphatic rings. The van der Waals surface area contributed by atoms with Gasteiger partial charge >= 0.3 is 0 Å². The lowest BCUT2D eigenvalue weighted by atomic mass is 9.92. The molecule has 3 heterocycles. The molecule has 0 bridgehead atoms. The van der Waals surface area contributed by atoms with E-state index in [1.165, 1.54) is 0 Å². The van der Waals surface area contributed by atoms with E-state index in [1.54, 1.807) is 4.90 Å². The van der Waals surface area contributed by atoms with E-state index in [9.17, 15) is 9.59 Å². The Morgan fingerprint density at radius 1 is 1.03 bits per heavy atom. The van der Waals surface area contributed by atoms with Gasteiger partial charge in [0.2, 0.25) is 5.91 Å². The number of amides is 2. The number of benzene rings is 2. The molecule has 3 atom stereocenters. The summed E-state index contributed by atoms with van der Waals surface area (Å²) in [6, 6.07) is 15.7. The third-order valence-electron chi connectivity index (χ3n) is 6.80. The maximum atomic E-state index is 13.4. The van der Waals surface area contributed by atoms with Gasteiger partial charge in [-0.15, -0.1) is 0 Å². The van der Waals surface area contributed by atoms with Crippen LogP contribution in [0.15, 0.2) is 48.5 Å². The van der Waals surface area contributed by atoms with E-state index >= 15 is 0 Å². The van der Waals surface area contributed by atoms with Crippen LogP contribution in [0.1, 0.15) is 53.5 Å². The molecule has 1 saturated heterocycles. The number of hydrogen-bond acceptors (Lipinski definition) is 2. The molecule has 5 rings (SSSR count). The van der Waals surface area contributed by atoms with Gasteiger partial charge in [0.15, 0.2) is 0 Å². The van der Waals surface area contributed by atoms with Crippen molar-refractivity contribution in [3.63, 3.8) is 0 Å². The van der Waals surface area contributed by atoms with E-state index in [2.05, 4.69) is 37.9 Å². The molecular formula is C26H29N3O2. The second-order valence-corrected chi connectivity index (χ2v) is 9.38. The number of aromatic nitrogens is 1. The number of aryl methyl sites for hydroxylation is 1. The second-order valence-electron chi connectivity index (χ2n) is 9.38. The van der Waals surface area contributed by atoms with E-state index in [0.29, 0.717) is 17.4 Å². The number of H-pyrrole nitrogens is 1. The van der Waals surface area contributed by atoms with Gasteiger partial charge in [0.25, 0.3) is 5.91 Å². The van der Waals surface area contributed by atoms with Crippen molar-refractivity contribution >= 4 is 22.7 Å². The summed E-state index contributed by atoms with van der Waals surface area (Å²) >= 11 is 0. The van der Waals surface area contributed by atoms with Gasteiger partial charge in [-0.05, 0) is 42.9 Å². The van der Waals surface area contributed by atoms with Crippen LogP contribution in [-0.4, -0.2) is 46.2 Å². The third-order valence-corrected chi connectivity index (χ3v) is 6.80. The Morgan fingerprint density at radius 3 is 2.48 bits per heavy atom. The minimum Gasteiger partial charge on any atom is -0.358 e. The monoisotopic (exact) mass is 415 g/mol. The highest BCUT2D eigenvalue weighted by atomic mass is 16.2. The fourth-order valence-electron chi connectivity index (χ4n) is 5.61. The predicted molar refractivity (Wildman–Crippen MR) is 122 cm³/mol. The number of rotatable bonds is 3. The van der Waals surface area contributed by atoms with Crippen molar-refractivity contribution < 1.29 is 9.59 Å². The Balaban J connectivity index is 1.55. The van der Waals surface area contributed by atoms with Crippen LogP contribution in [0.3, 0.4) is 0 Å². The van der Waals surface area contributed by atoms with Gasteiger partial charge in [-0.3, -0.25) is 9.59 Å². The number of nitrogens with one attached hydrogen (secondary N) is 1. The summed E-state index contributed by atoms with van der Waals surface area (Å²) in [6.07, 6.45) is 1.15. The largest absolute Gasteiger partial charge is 0.358 e. The average molecular weight is 416 g/mol. The van der Waals surface area contributed by atoms with Gasteiger partial charge in [-0.25, -0.2) is 0 Å². The Morgan fingerprint density at radius 2 is 1.71 bits per heavy atom. The molecule has 5 heteroatoms. The predicted octanol–water partition coefficient (Wildman–Crippen LogP) is 4.53. The minimum absolute atomic E-state index is 0.0436. The molecule has 0 spiro atoms. The molecule has 0 aliphatic carbocycles. The first kappa shape index (κ1) is 19.9. The molecule has 0 saturated carbocycles. The van der Waals surface area contributed by atoms with E-state index < -0.39 is 0 Å². The summed E-state index contributed by atoms with van der Waals surface area (Å²) in [6.45, 7) is 8.10. The Labute approximate surface area is 183 Å². The minimum atomic E-state index is -0.261. The average Bonchev–Trinajstić information content (AvgIpc) is 3.21. The van der Waals surface area contributed by atoms with E-state index in [0.717, 1.165) is 47.2 Å². The van der Waals surface area contributed by atoms with Crippen molar-refractivity contribution in [2.45, 2.75) is 33.2 Å². The van der Waals surface area contributed by atoms with Crippen LogP contribution < -0.4 is 0 Å². The van der Waals surface area contributed by atoms with Crippen molar-refractivity contribution in [1.29, 1.82) is 0 Å². The first-order valence-electron chi connectivity index (χ1n) is 11.2. The van der Waals surface area contributed by atoms with E-state index in [-0.39, 0.29) is 24.4 Å². The molecule has 5 nitrogen and oxygen atoms in total. The van der Waals surface area contributed by atoms with Gasteiger partial charge in [0.05, 0.1) is 6.04 Å². The smallest absolute Gasteiger partial charge is 0.255 e. The van der Waals surface area contributed by atoms with Gasteiger partial charge < -0.3 is 14.8 Å². The van der Waals surface area contributed by atoms with Crippen molar-refractivity contribution in [2.24, 2.45) is 11.8 Å². The number of aromatic amines is 1. The summed E-state index contributed by atoms with van der Waals surface area (Å²) < 4.78 is 0. The lowest BCUT2D eigenvalue weighted by molar-refractivity contribution is -0.134. The van der Waals surface area contributed by atoms with Crippen molar-refractivity contribution in [2.75, 3.05) is 19.6 Å². The van der Waals surface area contributed by atoms with Crippen LogP contribution in [0.2, 0.25) is 0 Å². The van der Waals surface area contributed by atoms with Gasteiger partial charge in [-0.2, -0.15) is 0 Å². The normalized spacial score (nSPS) is 23.5. The molecule has 160 valence electrons. The number of fused-ring (bicyclic) bond motifs is 2. The van der Waals surface area contributed by atoms with Crippen LogP contribution in [0.5, 0.6) is 0 Å². The zero-order valence-corrected chi connectivity index (χ0v) is 18.4. The molecule has 1 fully saturated rings. The van der Waals surface area contributed by atoms with E-state index in [4.69, 9.17) is 0 Å². The first-order chi connectivity index (χ1) is 14.9. The van der Waals surface area contributed by atoms with Crippen molar-refractivity contribution in [3.05, 3.63) is 70.9 Å². The highest BCUT2D eigenvalue weighted by Gasteiger charge is 2.41. The summed E-state index contributed by atoms with van der Waals surface area (Å²) in [7, 11) is 0. The topological polar surface area (TPSA) is 56.4 Å². The first-order valence-corrected chi connectivity index (χ1v) is 11.2. The molecule has 2 amide bonds. The number of para-hydroxylation sites is 1. The Hall–Kier alpha value is -3.08. The number of nitrogens with zero attached hydrogens (tertiary/aromatic N) is 2.